The molecule has 98 valence electrons. The fourth-order valence-electron chi connectivity index (χ4n) is 1.24. The number of ether oxygens (including phenoxy) is 1. The van der Waals surface area contributed by atoms with Crippen LogP contribution in [0.25, 0.3) is 0 Å². The summed E-state index contributed by atoms with van der Waals surface area (Å²) in [5.74, 6) is 5.12. The second-order valence-corrected chi connectivity index (χ2v) is 5.15. The topological polar surface area (TPSA) is 75.6 Å². The van der Waals surface area contributed by atoms with E-state index in [4.69, 9.17) is 9.84 Å². The van der Waals surface area contributed by atoms with Gasteiger partial charge in [0.25, 0.3) is 0 Å². The van der Waals surface area contributed by atoms with Crippen LogP contribution in [0.5, 0.6) is 0 Å². The Labute approximate surface area is 107 Å². The van der Waals surface area contributed by atoms with E-state index in [0.717, 1.165) is 0 Å². The minimum absolute atomic E-state index is 0.142. The largest absolute Gasteiger partial charge is 0.384 e. The Morgan fingerprint density at radius 1 is 1.44 bits per heavy atom. The Balaban J connectivity index is 2.88. The summed E-state index contributed by atoms with van der Waals surface area (Å²) in [5, 5.41) is 8.58. The molecule has 0 aliphatic rings. The van der Waals surface area contributed by atoms with E-state index in [1.54, 1.807) is 12.1 Å². The lowest BCUT2D eigenvalue weighted by Gasteiger charge is -2.06. The Morgan fingerprint density at radius 2 is 2.22 bits per heavy atom. The van der Waals surface area contributed by atoms with Gasteiger partial charge in [0.05, 0.1) is 11.5 Å². The lowest BCUT2D eigenvalue weighted by Crippen LogP contribution is -2.27. The maximum absolute atomic E-state index is 11.9. The average molecular weight is 269 g/mol. The highest BCUT2D eigenvalue weighted by Crippen LogP contribution is 2.10. The minimum atomic E-state index is -3.54. The first-order chi connectivity index (χ1) is 8.60. The molecule has 1 aromatic rings. The number of aliphatic hydroxyl groups excluding tert-OH is 1. The van der Waals surface area contributed by atoms with Crippen LogP contribution >= 0.6 is 0 Å². The van der Waals surface area contributed by atoms with E-state index in [-0.39, 0.29) is 18.0 Å². The zero-order chi connectivity index (χ0) is 13.4. The molecule has 0 aliphatic heterocycles. The van der Waals surface area contributed by atoms with Crippen molar-refractivity contribution >= 4 is 10.0 Å². The van der Waals surface area contributed by atoms with Crippen LogP contribution in [0.15, 0.2) is 29.2 Å². The maximum Gasteiger partial charge on any atom is 0.240 e. The van der Waals surface area contributed by atoms with Gasteiger partial charge >= 0.3 is 0 Å². The summed E-state index contributed by atoms with van der Waals surface area (Å²) in [6.45, 7) is 0.262. The molecule has 0 amide bonds. The highest BCUT2D eigenvalue weighted by molar-refractivity contribution is 7.89. The molecule has 0 unspecified atom stereocenters. The summed E-state index contributed by atoms with van der Waals surface area (Å²) >= 11 is 0. The Bertz CT molecular complexity index is 543. The molecule has 0 heterocycles. The predicted octanol–water partition coefficient (Wildman–Crippen LogP) is -0.0449. The van der Waals surface area contributed by atoms with Crippen molar-refractivity contribution in [2.24, 2.45) is 0 Å². The molecular formula is C12H15NO4S. The van der Waals surface area contributed by atoms with Gasteiger partial charge in [-0.05, 0) is 18.2 Å². The van der Waals surface area contributed by atoms with Crippen molar-refractivity contribution in [3.63, 3.8) is 0 Å². The summed E-state index contributed by atoms with van der Waals surface area (Å²) in [6, 6.07) is 6.22. The molecule has 6 heteroatoms. The molecule has 18 heavy (non-hydrogen) atoms. The highest BCUT2D eigenvalue weighted by Gasteiger charge is 2.12. The molecule has 0 saturated carbocycles. The second kappa shape index (κ2) is 7.13. The third-order valence-electron chi connectivity index (χ3n) is 2.05. The first-order valence-corrected chi connectivity index (χ1v) is 6.77. The van der Waals surface area contributed by atoms with Crippen molar-refractivity contribution in [2.75, 3.05) is 26.9 Å². The minimum Gasteiger partial charge on any atom is -0.384 e. The van der Waals surface area contributed by atoms with Crippen molar-refractivity contribution in [3.05, 3.63) is 29.8 Å². The fraction of sp³-hybridized carbons (Fsp3) is 0.333. The Morgan fingerprint density at radius 3 is 2.89 bits per heavy atom. The highest BCUT2D eigenvalue weighted by atomic mass is 32.2. The normalized spacial score (nSPS) is 10.8. The Kier molecular flexibility index (Phi) is 5.82. The molecule has 0 saturated heterocycles. The van der Waals surface area contributed by atoms with Crippen LogP contribution in [0.1, 0.15) is 5.56 Å². The monoisotopic (exact) mass is 269 g/mol. The van der Waals surface area contributed by atoms with Crippen molar-refractivity contribution in [1.82, 2.24) is 4.72 Å². The van der Waals surface area contributed by atoms with Gasteiger partial charge in [-0.15, -0.1) is 0 Å². The van der Waals surface area contributed by atoms with Gasteiger partial charge in [-0.2, -0.15) is 0 Å². The molecule has 0 radical (unpaired) electrons. The lowest BCUT2D eigenvalue weighted by molar-refractivity contribution is 0.204. The zero-order valence-corrected chi connectivity index (χ0v) is 10.8. The zero-order valence-electron chi connectivity index (χ0n) is 10.0. The third-order valence-corrected chi connectivity index (χ3v) is 3.51. The van der Waals surface area contributed by atoms with Crippen LogP contribution in [-0.2, 0) is 14.8 Å². The summed E-state index contributed by atoms with van der Waals surface area (Å²) in [5.41, 5.74) is 0.540. The molecule has 1 aromatic carbocycles. The van der Waals surface area contributed by atoms with E-state index < -0.39 is 10.0 Å². The molecule has 0 aromatic heterocycles. The number of sulfonamides is 1. The quantitative estimate of drug-likeness (QED) is 0.581. The summed E-state index contributed by atoms with van der Waals surface area (Å²) in [6.07, 6.45) is 0. The van der Waals surface area contributed by atoms with Crippen LogP contribution in [0.4, 0.5) is 0 Å². The number of methoxy groups -OCH3 is 1. The SMILES string of the molecule is COCCNS(=O)(=O)c1cccc(C#CCO)c1. The van der Waals surface area contributed by atoms with Gasteiger partial charge in [-0.25, -0.2) is 13.1 Å². The smallest absolute Gasteiger partial charge is 0.240 e. The molecule has 0 spiro atoms. The molecule has 0 bridgehead atoms. The summed E-state index contributed by atoms with van der Waals surface area (Å²) < 4.78 is 30.9. The first kappa shape index (κ1) is 14.7. The van der Waals surface area contributed by atoms with Gasteiger partial charge in [-0.1, -0.05) is 17.9 Å². The van der Waals surface area contributed by atoms with Crippen molar-refractivity contribution in [3.8, 4) is 11.8 Å². The van der Waals surface area contributed by atoms with Crippen LogP contribution in [0, 0.1) is 11.8 Å². The number of hydrogen-bond donors (Lipinski definition) is 2. The molecule has 0 atom stereocenters. The number of rotatable bonds is 5. The van der Waals surface area contributed by atoms with E-state index in [1.807, 2.05) is 0 Å². The summed E-state index contributed by atoms with van der Waals surface area (Å²) in [4.78, 5) is 0.142. The number of benzene rings is 1. The van der Waals surface area contributed by atoms with Crippen LogP contribution in [-0.4, -0.2) is 40.4 Å². The van der Waals surface area contributed by atoms with E-state index >= 15 is 0 Å². The molecule has 2 N–H and O–H groups in total. The average Bonchev–Trinajstić information content (AvgIpc) is 2.37. The van der Waals surface area contributed by atoms with Crippen molar-refractivity contribution in [2.45, 2.75) is 4.90 Å². The van der Waals surface area contributed by atoms with Crippen molar-refractivity contribution < 1.29 is 18.3 Å². The van der Waals surface area contributed by atoms with Crippen molar-refractivity contribution in [1.29, 1.82) is 0 Å². The molecular weight excluding hydrogens is 254 g/mol. The molecule has 0 fully saturated rings. The standard InChI is InChI=1S/C12H15NO4S/c1-17-9-7-13-18(15,16)12-6-2-4-11(10-12)5-3-8-14/h2,4,6,10,13-14H,7-9H2,1H3. The van der Waals surface area contributed by atoms with E-state index in [0.29, 0.717) is 12.2 Å². The van der Waals surface area contributed by atoms with Crippen LogP contribution in [0.2, 0.25) is 0 Å². The van der Waals surface area contributed by atoms with Gasteiger partial charge in [-0.3, -0.25) is 0 Å². The van der Waals surface area contributed by atoms with E-state index in [9.17, 15) is 8.42 Å². The maximum atomic E-state index is 11.9. The number of aliphatic hydroxyl groups is 1. The van der Waals surface area contributed by atoms with Crippen LogP contribution < -0.4 is 4.72 Å². The lowest BCUT2D eigenvalue weighted by atomic mass is 10.2. The molecule has 5 nitrogen and oxygen atoms in total. The second-order valence-electron chi connectivity index (χ2n) is 3.38. The van der Waals surface area contributed by atoms with E-state index in [2.05, 4.69) is 16.6 Å². The first-order valence-electron chi connectivity index (χ1n) is 5.28. The Hall–Kier alpha value is -1.39. The van der Waals surface area contributed by atoms with Gasteiger partial charge in [0, 0.05) is 19.2 Å². The molecule has 0 aliphatic carbocycles. The summed E-state index contributed by atoms with van der Waals surface area (Å²) in [7, 11) is -2.04. The van der Waals surface area contributed by atoms with Gasteiger partial charge < -0.3 is 9.84 Å². The van der Waals surface area contributed by atoms with E-state index in [1.165, 1.54) is 19.2 Å². The van der Waals surface area contributed by atoms with Gasteiger partial charge in [0.1, 0.15) is 6.61 Å². The number of nitrogens with one attached hydrogen (secondary N) is 1. The predicted molar refractivity (Wildman–Crippen MR) is 67.5 cm³/mol. The molecule has 1 rings (SSSR count). The van der Waals surface area contributed by atoms with Gasteiger partial charge in [0.2, 0.25) is 10.0 Å². The van der Waals surface area contributed by atoms with Gasteiger partial charge in [0.15, 0.2) is 0 Å². The number of hydrogen-bond acceptors (Lipinski definition) is 4. The third kappa shape index (κ3) is 4.47. The fourth-order valence-corrected chi connectivity index (χ4v) is 2.30. The van der Waals surface area contributed by atoms with Crippen LogP contribution in [0.3, 0.4) is 0 Å².